The van der Waals surface area contributed by atoms with Gasteiger partial charge in [-0.05, 0) is 97.4 Å². The molecule has 3 fully saturated rings. The van der Waals surface area contributed by atoms with Gasteiger partial charge in [-0.1, -0.05) is 40.7 Å². The predicted molar refractivity (Wildman–Crippen MR) is 130 cm³/mol. The minimum absolute atomic E-state index is 0.113. The first-order chi connectivity index (χ1) is 15.5. The van der Waals surface area contributed by atoms with E-state index in [0.717, 1.165) is 24.8 Å². The van der Waals surface area contributed by atoms with E-state index in [4.69, 9.17) is 4.89 Å². The molecular weight excluding hydrogens is 412 g/mol. The summed E-state index contributed by atoms with van der Waals surface area (Å²) in [4.78, 5) is 30.3. The van der Waals surface area contributed by atoms with Gasteiger partial charge in [0.15, 0.2) is 11.6 Å². The highest BCUT2D eigenvalue weighted by molar-refractivity contribution is 6.05. The second-order valence-corrected chi connectivity index (χ2v) is 12.6. The first-order valence-corrected chi connectivity index (χ1v) is 13.3. The van der Waals surface area contributed by atoms with Crippen LogP contribution in [0.1, 0.15) is 92.4 Å². The predicted octanol–water partition coefficient (Wildman–Crippen LogP) is 6.80. The fraction of sp³-hybridized carbons (Fsp3) is 0.793. The lowest BCUT2D eigenvalue weighted by Crippen LogP contribution is -2.53. The van der Waals surface area contributed by atoms with Crippen LogP contribution >= 0.6 is 0 Å². The van der Waals surface area contributed by atoms with Gasteiger partial charge in [-0.2, -0.15) is 0 Å². The van der Waals surface area contributed by atoms with E-state index in [9.17, 15) is 14.8 Å². The van der Waals surface area contributed by atoms with Crippen molar-refractivity contribution in [3.05, 3.63) is 24.3 Å². The van der Waals surface area contributed by atoms with Gasteiger partial charge < -0.3 is 0 Å². The van der Waals surface area contributed by atoms with Crippen molar-refractivity contribution >= 4 is 11.6 Å². The van der Waals surface area contributed by atoms with Gasteiger partial charge in [0, 0.05) is 18.4 Å². The Hall–Kier alpha value is -1.26. The SMILES string of the molecule is C=CC(CC[C@@H](C)[C@H]1CCC2C3CC(=O)C4=CC(=O)CC[C@]4(C)C3CC[C@@]21C)(OO)C(C)C. The third-order valence-electron chi connectivity index (χ3n) is 11.0. The Morgan fingerprint density at radius 2 is 1.91 bits per heavy atom. The number of carbonyl (C=O) groups excluding carboxylic acids is 2. The molecule has 0 saturated heterocycles. The zero-order valence-corrected chi connectivity index (χ0v) is 21.4. The highest BCUT2D eigenvalue weighted by Crippen LogP contribution is 2.67. The molecule has 4 heteroatoms. The summed E-state index contributed by atoms with van der Waals surface area (Å²) in [6.45, 7) is 15.2. The maximum Gasteiger partial charge on any atom is 0.159 e. The van der Waals surface area contributed by atoms with Crippen LogP contribution in [0, 0.1) is 46.3 Å². The number of hydrogen-bond donors (Lipinski definition) is 1. The van der Waals surface area contributed by atoms with Gasteiger partial charge in [0.05, 0.1) is 0 Å². The minimum atomic E-state index is -0.684. The number of ketones is 2. The Kier molecular flexibility index (Phi) is 6.59. The summed E-state index contributed by atoms with van der Waals surface area (Å²) in [5.41, 5.74) is 0.302. The topological polar surface area (TPSA) is 63.6 Å². The lowest BCUT2D eigenvalue weighted by Gasteiger charge is -2.58. The van der Waals surface area contributed by atoms with Crippen molar-refractivity contribution in [2.45, 2.75) is 98.0 Å². The van der Waals surface area contributed by atoms with Gasteiger partial charge in [-0.3, -0.25) is 14.8 Å². The van der Waals surface area contributed by atoms with Crippen LogP contribution in [-0.4, -0.2) is 22.4 Å². The number of Topliss-reactive ketones (excluding diaryl/α,β-unsaturated/α-hetero) is 1. The van der Waals surface area contributed by atoms with Crippen LogP contribution in [0.5, 0.6) is 0 Å². The highest BCUT2D eigenvalue weighted by Gasteiger charge is 2.61. The van der Waals surface area contributed by atoms with Crippen LogP contribution in [0.25, 0.3) is 0 Å². The zero-order valence-electron chi connectivity index (χ0n) is 21.4. The normalized spacial score (nSPS) is 41.0. The molecule has 33 heavy (non-hydrogen) atoms. The summed E-state index contributed by atoms with van der Waals surface area (Å²) >= 11 is 0. The molecule has 1 N–H and O–H groups in total. The van der Waals surface area contributed by atoms with Crippen LogP contribution < -0.4 is 0 Å². The second-order valence-electron chi connectivity index (χ2n) is 12.6. The molecule has 0 radical (unpaired) electrons. The van der Waals surface area contributed by atoms with Crippen LogP contribution in [-0.2, 0) is 14.5 Å². The molecule has 0 aliphatic heterocycles. The molecule has 4 unspecified atom stereocenters. The van der Waals surface area contributed by atoms with Crippen LogP contribution in [0.3, 0.4) is 0 Å². The summed E-state index contributed by atoms with van der Waals surface area (Å²) in [6, 6.07) is 0. The molecular formula is C29H44O4. The highest BCUT2D eigenvalue weighted by atomic mass is 17.1. The van der Waals surface area contributed by atoms with E-state index in [1.54, 1.807) is 12.2 Å². The van der Waals surface area contributed by atoms with Gasteiger partial charge in [0.25, 0.3) is 0 Å². The monoisotopic (exact) mass is 456 g/mol. The molecule has 4 aliphatic carbocycles. The van der Waals surface area contributed by atoms with Gasteiger partial charge in [-0.15, -0.1) is 6.58 Å². The van der Waals surface area contributed by atoms with Crippen molar-refractivity contribution in [1.29, 1.82) is 0 Å². The number of hydrogen-bond acceptors (Lipinski definition) is 4. The van der Waals surface area contributed by atoms with Gasteiger partial charge in [-0.25, -0.2) is 4.89 Å². The van der Waals surface area contributed by atoms with Gasteiger partial charge in [0.1, 0.15) is 5.60 Å². The molecule has 4 aliphatic rings. The maximum atomic E-state index is 13.2. The molecule has 0 heterocycles. The van der Waals surface area contributed by atoms with E-state index in [-0.39, 0.29) is 28.3 Å². The fourth-order valence-corrected chi connectivity index (χ4v) is 8.83. The zero-order chi connectivity index (χ0) is 24.2. The second kappa shape index (κ2) is 8.75. The number of rotatable bonds is 7. The quantitative estimate of drug-likeness (QED) is 0.260. The van der Waals surface area contributed by atoms with E-state index in [2.05, 4.69) is 41.2 Å². The van der Waals surface area contributed by atoms with E-state index in [1.165, 1.54) is 25.7 Å². The largest absolute Gasteiger partial charge is 0.295 e. The Labute approximate surface area is 200 Å². The van der Waals surface area contributed by atoms with Crippen molar-refractivity contribution < 1.29 is 19.7 Å². The summed E-state index contributed by atoms with van der Waals surface area (Å²) in [5, 5.41) is 9.62. The molecule has 4 nitrogen and oxygen atoms in total. The molecule has 0 aromatic heterocycles. The van der Waals surface area contributed by atoms with Crippen LogP contribution in [0.15, 0.2) is 24.3 Å². The van der Waals surface area contributed by atoms with Crippen molar-refractivity contribution in [3.63, 3.8) is 0 Å². The van der Waals surface area contributed by atoms with E-state index >= 15 is 0 Å². The standard InChI is InChI=1S/C29H44O4/c1-7-29(33-32,18(2)3)15-10-19(4)22-8-9-23-21-17-26(31)25-16-20(30)11-13-28(25,6)24(21)12-14-27(22,23)5/h7,16,18-19,21-24,32H,1,8-15,17H2,2-6H3/t19-,21?,22-,23?,24?,27-,28-,29?/m1/s1. The van der Waals surface area contributed by atoms with E-state index in [0.29, 0.717) is 42.4 Å². The molecule has 0 amide bonds. The Morgan fingerprint density at radius 3 is 2.55 bits per heavy atom. The minimum Gasteiger partial charge on any atom is -0.295 e. The maximum absolute atomic E-state index is 13.2. The summed E-state index contributed by atoms with van der Waals surface area (Å²) in [7, 11) is 0. The Balaban J connectivity index is 1.52. The third-order valence-corrected chi connectivity index (χ3v) is 11.0. The molecule has 0 bridgehead atoms. The Bertz CT molecular complexity index is 843. The van der Waals surface area contributed by atoms with E-state index in [1.807, 2.05) is 0 Å². The number of allylic oxidation sites excluding steroid dienone is 1. The lowest BCUT2D eigenvalue weighted by atomic mass is 9.46. The molecule has 184 valence electrons. The smallest absolute Gasteiger partial charge is 0.159 e. The van der Waals surface area contributed by atoms with Crippen molar-refractivity contribution in [1.82, 2.24) is 0 Å². The summed E-state index contributed by atoms with van der Waals surface area (Å²) in [5.74, 6) is 3.26. The fourth-order valence-electron chi connectivity index (χ4n) is 8.83. The number of carbonyl (C=O) groups is 2. The van der Waals surface area contributed by atoms with Crippen molar-refractivity contribution in [2.75, 3.05) is 0 Å². The first-order valence-electron chi connectivity index (χ1n) is 13.3. The molecule has 0 spiro atoms. The average molecular weight is 457 g/mol. The van der Waals surface area contributed by atoms with Crippen LogP contribution in [0.2, 0.25) is 0 Å². The van der Waals surface area contributed by atoms with Crippen molar-refractivity contribution in [2.24, 2.45) is 46.3 Å². The number of fused-ring (bicyclic) bond motifs is 5. The molecule has 0 aromatic rings. The summed E-state index contributed by atoms with van der Waals surface area (Å²) in [6.07, 6.45) is 12.1. The van der Waals surface area contributed by atoms with Crippen molar-refractivity contribution in [3.8, 4) is 0 Å². The molecule has 8 atom stereocenters. The van der Waals surface area contributed by atoms with Gasteiger partial charge in [0.2, 0.25) is 0 Å². The Morgan fingerprint density at radius 1 is 1.18 bits per heavy atom. The average Bonchev–Trinajstić information content (AvgIpc) is 3.13. The third kappa shape index (κ3) is 3.80. The molecule has 0 aromatic carbocycles. The van der Waals surface area contributed by atoms with Gasteiger partial charge >= 0.3 is 0 Å². The van der Waals surface area contributed by atoms with E-state index < -0.39 is 5.60 Å². The lowest BCUT2D eigenvalue weighted by molar-refractivity contribution is -0.321. The molecule has 4 rings (SSSR count). The first kappa shape index (κ1) is 24.9. The van der Waals surface area contributed by atoms with Crippen LogP contribution in [0.4, 0.5) is 0 Å². The molecule has 3 saturated carbocycles. The summed E-state index contributed by atoms with van der Waals surface area (Å²) < 4.78 is 0.